The molecule has 4 nitrogen and oxygen atoms in total. The van der Waals surface area contributed by atoms with Crippen LogP contribution < -0.4 is 0 Å². The Morgan fingerprint density at radius 1 is 1.12 bits per heavy atom. The summed E-state index contributed by atoms with van der Waals surface area (Å²) in [5.41, 5.74) is -5.92. The van der Waals surface area contributed by atoms with Crippen LogP contribution >= 0.6 is 7.60 Å². The molecule has 0 saturated carbocycles. The van der Waals surface area contributed by atoms with Crippen LogP contribution in [0.1, 0.15) is 26.3 Å². The van der Waals surface area contributed by atoms with Gasteiger partial charge >= 0.3 is 13.3 Å². The highest BCUT2D eigenvalue weighted by molar-refractivity contribution is 7.55. The summed E-state index contributed by atoms with van der Waals surface area (Å²) < 4.78 is 50.7. The zero-order valence-corrected chi connectivity index (χ0v) is 14.9. The van der Waals surface area contributed by atoms with Gasteiger partial charge in [0.2, 0.25) is 0 Å². The minimum absolute atomic E-state index is 0.222. The highest BCUT2D eigenvalue weighted by Gasteiger charge is 2.63. The second-order valence-electron chi connectivity index (χ2n) is 5.15. The van der Waals surface area contributed by atoms with Gasteiger partial charge in [-0.3, -0.25) is 4.57 Å². The van der Waals surface area contributed by atoms with Gasteiger partial charge in [0.25, 0.3) is 0 Å². The van der Waals surface area contributed by atoms with E-state index in [4.69, 9.17) is 0 Å². The highest BCUT2D eigenvalue weighted by atomic mass is 31.2. The summed E-state index contributed by atoms with van der Waals surface area (Å²) in [5, 5.41) is 10.1. The minimum atomic E-state index is -4.81. The molecule has 1 aromatic rings. The molecule has 0 radical (unpaired) electrons. The molecule has 1 N–H and O–H groups in total. The predicted molar refractivity (Wildman–Crippen MR) is 91.0 cm³/mol. The van der Waals surface area contributed by atoms with Crippen molar-refractivity contribution in [1.82, 2.24) is 0 Å². The summed E-state index contributed by atoms with van der Waals surface area (Å²) in [5.74, 6) is 0. The predicted octanol–water partition coefficient (Wildman–Crippen LogP) is 4.87. The van der Waals surface area contributed by atoms with Gasteiger partial charge in [-0.2, -0.15) is 8.78 Å². The number of hydrogen-bond donors (Lipinski definition) is 1. The van der Waals surface area contributed by atoms with Crippen molar-refractivity contribution in [1.29, 1.82) is 0 Å². The summed E-state index contributed by atoms with van der Waals surface area (Å²) >= 11 is 0. The van der Waals surface area contributed by atoms with Gasteiger partial charge in [0.05, 0.1) is 13.2 Å². The third-order valence-corrected chi connectivity index (χ3v) is 5.51. The Hall–Kier alpha value is -1.33. The molecule has 134 valence electrons. The summed E-state index contributed by atoms with van der Waals surface area (Å²) in [4.78, 5) is 0. The Morgan fingerprint density at radius 2 is 1.67 bits per heavy atom. The van der Waals surface area contributed by atoms with Gasteiger partial charge in [-0.15, -0.1) is 0 Å². The molecular formula is C17H23F2O4P. The fourth-order valence-corrected chi connectivity index (χ4v) is 3.60. The van der Waals surface area contributed by atoms with Crippen LogP contribution in [-0.4, -0.2) is 29.6 Å². The average molecular weight is 360 g/mol. The number of allylic oxidation sites excluding steroid dienone is 2. The number of alkyl halides is 2. The van der Waals surface area contributed by atoms with E-state index < -0.39 is 18.9 Å². The van der Waals surface area contributed by atoms with E-state index in [1.54, 1.807) is 6.08 Å². The summed E-state index contributed by atoms with van der Waals surface area (Å²) in [6.07, 6.45) is 5.34. The Balaban J connectivity index is 2.97. The van der Waals surface area contributed by atoms with Gasteiger partial charge < -0.3 is 14.2 Å². The molecule has 0 amide bonds. The third kappa shape index (κ3) is 4.84. The number of benzene rings is 1. The lowest BCUT2D eigenvalue weighted by Crippen LogP contribution is -2.44. The molecule has 0 spiro atoms. The molecule has 7 heteroatoms. The van der Waals surface area contributed by atoms with Crippen LogP contribution in [-0.2, 0) is 13.6 Å². The minimum Gasteiger partial charge on any atom is -0.379 e. The zero-order chi connectivity index (χ0) is 18.3. The van der Waals surface area contributed by atoms with E-state index in [1.807, 2.05) is 30.3 Å². The Bertz CT molecular complexity index is 602. The smallest absolute Gasteiger partial charge is 0.379 e. The van der Waals surface area contributed by atoms with Crippen molar-refractivity contribution < 1.29 is 27.5 Å². The van der Waals surface area contributed by atoms with E-state index in [0.717, 1.165) is 18.6 Å². The Kier molecular flexibility index (Phi) is 7.49. The molecule has 1 rings (SSSR count). The van der Waals surface area contributed by atoms with Crippen molar-refractivity contribution in [2.75, 3.05) is 13.2 Å². The van der Waals surface area contributed by atoms with Gasteiger partial charge in [0.15, 0.2) is 5.60 Å². The Labute approximate surface area is 141 Å². The van der Waals surface area contributed by atoms with Crippen LogP contribution in [0.2, 0.25) is 0 Å². The first-order valence-corrected chi connectivity index (χ1v) is 9.15. The van der Waals surface area contributed by atoms with Crippen LogP contribution in [0.15, 0.2) is 48.6 Å². The number of halogens is 2. The molecule has 0 fully saturated rings. The van der Waals surface area contributed by atoms with Gasteiger partial charge in [-0.1, -0.05) is 48.6 Å². The molecule has 0 saturated heterocycles. The first-order valence-electron chi connectivity index (χ1n) is 7.60. The maximum Gasteiger partial charge on any atom is 0.403 e. The second kappa shape index (κ2) is 8.67. The quantitative estimate of drug-likeness (QED) is 0.504. The first-order chi connectivity index (χ1) is 11.2. The number of rotatable bonds is 9. The molecule has 1 atom stereocenters. The maximum absolute atomic E-state index is 14.5. The van der Waals surface area contributed by atoms with E-state index >= 15 is 0 Å². The van der Waals surface area contributed by atoms with Crippen LogP contribution in [0.3, 0.4) is 0 Å². The van der Waals surface area contributed by atoms with Gasteiger partial charge in [0.1, 0.15) is 0 Å². The average Bonchev–Trinajstić information content (AvgIpc) is 2.53. The normalized spacial score (nSPS) is 15.9. The lowest BCUT2D eigenvalue weighted by molar-refractivity contribution is -0.102. The molecule has 24 heavy (non-hydrogen) atoms. The fourth-order valence-electron chi connectivity index (χ4n) is 1.89. The SMILES string of the molecule is CCOP(=O)(OCC)C(F)(F)C(C)(O)/C=C/C=C/c1ccccc1. The van der Waals surface area contributed by atoms with E-state index in [1.165, 1.54) is 26.0 Å². The van der Waals surface area contributed by atoms with Crippen molar-refractivity contribution >= 4 is 13.7 Å². The van der Waals surface area contributed by atoms with Crippen LogP contribution in [0.25, 0.3) is 6.08 Å². The van der Waals surface area contributed by atoms with Crippen LogP contribution in [0, 0.1) is 0 Å². The van der Waals surface area contributed by atoms with Crippen molar-refractivity contribution in [2.45, 2.75) is 32.0 Å². The topological polar surface area (TPSA) is 55.8 Å². The standard InChI is InChI=1S/C17H23F2O4P/c1-4-22-24(21,23-5-2)17(18,19)16(3,20)14-10-9-13-15-11-7-6-8-12-15/h6-14,20H,4-5H2,1-3H3/b13-9+,14-10+. The Morgan fingerprint density at radius 3 is 2.17 bits per heavy atom. The monoisotopic (exact) mass is 360 g/mol. The summed E-state index contributed by atoms with van der Waals surface area (Å²) in [6, 6.07) is 9.23. The third-order valence-electron chi connectivity index (χ3n) is 3.17. The lowest BCUT2D eigenvalue weighted by atomic mass is 10.1. The van der Waals surface area contributed by atoms with Crippen molar-refractivity contribution in [3.8, 4) is 0 Å². The zero-order valence-electron chi connectivity index (χ0n) is 14.0. The molecule has 1 aromatic carbocycles. The largest absolute Gasteiger partial charge is 0.403 e. The summed E-state index contributed by atoms with van der Waals surface area (Å²) in [6.45, 7) is 3.27. The second-order valence-corrected chi connectivity index (χ2v) is 7.22. The highest BCUT2D eigenvalue weighted by Crippen LogP contribution is 2.65. The van der Waals surface area contributed by atoms with E-state index in [2.05, 4.69) is 9.05 Å². The molecular weight excluding hydrogens is 337 g/mol. The summed E-state index contributed by atoms with van der Waals surface area (Å²) in [7, 11) is -4.81. The molecule has 0 aliphatic carbocycles. The van der Waals surface area contributed by atoms with E-state index in [-0.39, 0.29) is 13.2 Å². The van der Waals surface area contributed by atoms with Crippen molar-refractivity contribution in [3.63, 3.8) is 0 Å². The molecule has 0 aromatic heterocycles. The lowest BCUT2D eigenvalue weighted by Gasteiger charge is -2.34. The fraction of sp³-hybridized carbons (Fsp3) is 0.412. The number of hydrogen-bond acceptors (Lipinski definition) is 4. The van der Waals surface area contributed by atoms with Gasteiger partial charge in [0, 0.05) is 0 Å². The molecule has 0 bridgehead atoms. The first kappa shape index (κ1) is 20.7. The molecule has 0 aliphatic heterocycles. The number of aliphatic hydroxyl groups is 1. The van der Waals surface area contributed by atoms with Gasteiger partial charge in [-0.05, 0) is 32.4 Å². The van der Waals surface area contributed by atoms with Crippen molar-refractivity contribution in [3.05, 3.63) is 54.1 Å². The molecule has 0 heterocycles. The van der Waals surface area contributed by atoms with Crippen LogP contribution in [0.5, 0.6) is 0 Å². The van der Waals surface area contributed by atoms with Crippen LogP contribution in [0.4, 0.5) is 8.78 Å². The van der Waals surface area contributed by atoms with Crippen molar-refractivity contribution in [2.24, 2.45) is 0 Å². The van der Waals surface area contributed by atoms with Gasteiger partial charge in [-0.25, -0.2) is 0 Å². The van der Waals surface area contributed by atoms with E-state index in [0.29, 0.717) is 0 Å². The maximum atomic E-state index is 14.5. The molecule has 1 unspecified atom stereocenters. The molecule has 0 aliphatic rings. The van der Waals surface area contributed by atoms with E-state index in [9.17, 15) is 18.5 Å².